The Morgan fingerprint density at radius 3 is 2.90 bits per heavy atom. The smallest absolute Gasteiger partial charge is 0.271 e. The lowest BCUT2D eigenvalue weighted by molar-refractivity contribution is 0.0948. The molecule has 0 atom stereocenters. The normalized spacial score (nSPS) is 10.9. The van der Waals surface area contributed by atoms with Gasteiger partial charge < -0.3 is 9.72 Å². The van der Waals surface area contributed by atoms with Crippen LogP contribution in [0, 0.1) is 6.92 Å². The third-order valence-electron chi connectivity index (χ3n) is 3.41. The molecule has 2 heterocycles. The lowest BCUT2D eigenvalue weighted by Gasteiger charge is -2.02. The molecule has 0 spiro atoms. The molecule has 108 valence electrons. The van der Waals surface area contributed by atoms with E-state index in [1.54, 1.807) is 6.20 Å². The first kappa shape index (κ1) is 14.6. The first-order chi connectivity index (χ1) is 9.70. The number of hydrogen-bond donors (Lipinski definition) is 1. The summed E-state index contributed by atoms with van der Waals surface area (Å²) >= 11 is 0. The molecule has 0 aromatic carbocycles. The summed E-state index contributed by atoms with van der Waals surface area (Å²) < 4.78 is 1.88. The van der Waals surface area contributed by atoms with E-state index in [9.17, 15) is 4.79 Å². The minimum Gasteiger partial charge on any atom is -0.351 e. The fraction of sp³-hybridized carbons (Fsp3) is 0.500. The number of aryl methyl sites for hydroxylation is 1. The summed E-state index contributed by atoms with van der Waals surface area (Å²) in [4.78, 5) is 16.4. The van der Waals surface area contributed by atoms with Gasteiger partial charge in [-0.15, -0.1) is 0 Å². The van der Waals surface area contributed by atoms with Crippen molar-refractivity contribution in [1.82, 2.24) is 14.7 Å². The number of nitrogens with zero attached hydrogens (tertiary/aromatic N) is 2. The second kappa shape index (κ2) is 7.08. The van der Waals surface area contributed by atoms with E-state index < -0.39 is 0 Å². The van der Waals surface area contributed by atoms with Crippen LogP contribution in [0.25, 0.3) is 5.65 Å². The highest BCUT2D eigenvalue weighted by atomic mass is 16.1. The zero-order valence-electron chi connectivity index (χ0n) is 12.4. The van der Waals surface area contributed by atoms with Gasteiger partial charge in [0.15, 0.2) is 0 Å². The van der Waals surface area contributed by atoms with Gasteiger partial charge in [0, 0.05) is 18.9 Å². The first-order valence-corrected chi connectivity index (χ1v) is 7.44. The fourth-order valence-corrected chi connectivity index (χ4v) is 2.21. The fourth-order valence-electron chi connectivity index (χ4n) is 2.21. The largest absolute Gasteiger partial charge is 0.351 e. The second-order valence-corrected chi connectivity index (χ2v) is 5.27. The Labute approximate surface area is 120 Å². The van der Waals surface area contributed by atoms with E-state index in [4.69, 9.17) is 0 Å². The molecule has 0 saturated carbocycles. The number of carbonyl (C=O) groups excluding carboxylic acids is 1. The van der Waals surface area contributed by atoms with Crippen LogP contribution in [0.2, 0.25) is 0 Å². The molecule has 1 N–H and O–H groups in total. The predicted molar refractivity (Wildman–Crippen MR) is 81.0 cm³/mol. The molecule has 20 heavy (non-hydrogen) atoms. The van der Waals surface area contributed by atoms with Crippen molar-refractivity contribution >= 4 is 11.6 Å². The van der Waals surface area contributed by atoms with Crippen LogP contribution in [0.5, 0.6) is 0 Å². The van der Waals surface area contributed by atoms with Crippen molar-refractivity contribution in [2.24, 2.45) is 0 Å². The SMILES string of the molecule is CCCCCCCNC(=O)c1cn2ccc(C)cc2n1. The van der Waals surface area contributed by atoms with E-state index >= 15 is 0 Å². The molecule has 1 amide bonds. The van der Waals surface area contributed by atoms with Gasteiger partial charge in [-0.1, -0.05) is 32.6 Å². The Balaban J connectivity index is 1.85. The maximum absolute atomic E-state index is 12.0. The number of pyridine rings is 1. The third kappa shape index (κ3) is 3.83. The van der Waals surface area contributed by atoms with Gasteiger partial charge in [0.05, 0.1) is 0 Å². The number of unbranched alkanes of at least 4 members (excludes halogenated alkanes) is 4. The minimum absolute atomic E-state index is 0.0816. The van der Waals surface area contributed by atoms with Gasteiger partial charge in [-0.2, -0.15) is 0 Å². The lowest BCUT2D eigenvalue weighted by Crippen LogP contribution is -2.24. The predicted octanol–water partition coefficient (Wildman–Crippen LogP) is 3.34. The Bertz CT molecular complexity index is 574. The molecule has 2 rings (SSSR count). The van der Waals surface area contributed by atoms with E-state index in [0.717, 1.165) is 24.2 Å². The second-order valence-electron chi connectivity index (χ2n) is 5.27. The van der Waals surface area contributed by atoms with Crippen LogP contribution in [-0.4, -0.2) is 21.8 Å². The Hall–Kier alpha value is -1.84. The molecule has 4 nitrogen and oxygen atoms in total. The maximum atomic E-state index is 12.0. The van der Waals surface area contributed by atoms with Crippen LogP contribution in [0.1, 0.15) is 55.1 Å². The molecule has 2 aromatic heterocycles. The summed E-state index contributed by atoms with van der Waals surface area (Å²) in [7, 11) is 0. The van der Waals surface area contributed by atoms with Crippen molar-refractivity contribution < 1.29 is 4.79 Å². The quantitative estimate of drug-likeness (QED) is 0.786. The van der Waals surface area contributed by atoms with Crippen molar-refractivity contribution in [3.05, 3.63) is 35.8 Å². The summed E-state index contributed by atoms with van der Waals surface area (Å²) in [5.74, 6) is -0.0816. The van der Waals surface area contributed by atoms with Crippen LogP contribution >= 0.6 is 0 Å². The molecule has 0 aliphatic heterocycles. The average molecular weight is 273 g/mol. The van der Waals surface area contributed by atoms with Gasteiger partial charge in [-0.25, -0.2) is 4.98 Å². The van der Waals surface area contributed by atoms with Crippen LogP contribution in [0.3, 0.4) is 0 Å². The van der Waals surface area contributed by atoms with Crippen LogP contribution in [0.15, 0.2) is 24.5 Å². The van der Waals surface area contributed by atoms with E-state index in [-0.39, 0.29) is 5.91 Å². The van der Waals surface area contributed by atoms with E-state index in [2.05, 4.69) is 17.2 Å². The molecule has 0 unspecified atom stereocenters. The highest BCUT2D eigenvalue weighted by Crippen LogP contribution is 2.08. The highest BCUT2D eigenvalue weighted by molar-refractivity contribution is 5.92. The first-order valence-electron chi connectivity index (χ1n) is 7.44. The summed E-state index contributed by atoms with van der Waals surface area (Å²) in [5.41, 5.74) is 2.45. The van der Waals surface area contributed by atoms with Crippen LogP contribution in [-0.2, 0) is 0 Å². The van der Waals surface area contributed by atoms with Crippen molar-refractivity contribution in [3.63, 3.8) is 0 Å². The maximum Gasteiger partial charge on any atom is 0.271 e. The van der Waals surface area contributed by atoms with Gasteiger partial charge in [-0.05, 0) is 31.0 Å². The molecular formula is C16H23N3O. The van der Waals surface area contributed by atoms with Crippen molar-refractivity contribution in [2.75, 3.05) is 6.54 Å². The number of imidazole rings is 1. The molecular weight excluding hydrogens is 250 g/mol. The number of hydrogen-bond acceptors (Lipinski definition) is 2. The summed E-state index contributed by atoms with van der Waals surface area (Å²) in [6, 6.07) is 3.98. The topological polar surface area (TPSA) is 46.4 Å². The zero-order chi connectivity index (χ0) is 14.4. The van der Waals surface area contributed by atoms with Crippen LogP contribution < -0.4 is 5.32 Å². The number of nitrogens with one attached hydrogen (secondary N) is 1. The number of rotatable bonds is 7. The van der Waals surface area contributed by atoms with Crippen molar-refractivity contribution in [3.8, 4) is 0 Å². The Kier molecular flexibility index (Phi) is 5.16. The molecule has 0 aliphatic carbocycles. The van der Waals surface area contributed by atoms with E-state index in [1.807, 2.05) is 29.7 Å². The molecule has 0 bridgehead atoms. The zero-order valence-corrected chi connectivity index (χ0v) is 12.4. The van der Waals surface area contributed by atoms with Gasteiger partial charge >= 0.3 is 0 Å². The number of fused-ring (bicyclic) bond motifs is 1. The van der Waals surface area contributed by atoms with Gasteiger partial charge in [0.1, 0.15) is 11.3 Å². The molecule has 0 aliphatic rings. The minimum atomic E-state index is -0.0816. The van der Waals surface area contributed by atoms with Crippen molar-refractivity contribution in [2.45, 2.75) is 46.0 Å². The monoisotopic (exact) mass is 273 g/mol. The van der Waals surface area contributed by atoms with Gasteiger partial charge in [0.2, 0.25) is 0 Å². The van der Waals surface area contributed by atoms with E-state index in [1.165, 1.54) is 25.7 Å². The molecule has 0 radical (unpaired) electrons. The number of amides is 1. The van der Waals surface area contributed by atoms with Crippen LogP contribution in [0.4, 0.5) is 0 Å². The summed E-state index contributed by atoms with van der Waals surface area (Å²) in [5, 5.41) is 2.94. The van der Waals surface area contributed by atoms with Gasteiger partial charge in [0.25, 0.3) is 5.91 Å². The highest BCUT2D eigenvalue weighted by Gasteiger charge is 2.09. The standard InChI is InChI=1S/C16H23N3O/c1-3-4-5-6-7-9-17-16(20)14-12-19-10-8-13(2)11-15(19)18-14/h8,10-12H,3-7,9H2,1-2H3,(H,17,20). The number of carbonyl (C=O) groups is 1. The Morgan fingerprint density at radius 1 is 1.30 bits per heavy atom. The molecule has 4 heteroatoms. The molecule has 2 aromatic rings. The average Bonchev–Trinajstić information content (AvgIpc) is 2.85. The number of aromatic nitrogens is 2. The summed E-state index contributed by atoms with van der Waals surface area (Å²) in [6.45, 7) is 4.95. The van der Waals surface area contributed by atoms with E-state index in [0.29, 0.717) is 5.69 Å². The molecule has 0 saturated heterocycles. The third-order valence-corrected chi connectivity index (χ3v) is 3.41. The summed E-state index contributed by atoms with van der Waals surface area (Å²) in [6.07, 6.45) is 9.70. The lowest BCUT2D eigenvalue weighted by atomic mass is 10.1. The Morgan fingerprint density at radius 2 is 2.10 bits per heavy atom. The van der Waals surface area contributed by atoms with Crippen molar-refractivity contribution in [1.29, 1.82) is 0 Å². The molecule has 0 fully saturated rings. The van der Waals surface area contributed by atoms with Gasteiger partial charge in [-0.3, -0.25) is 4.79 Å².